The highest BCUT2D eigenvalue weighted by Gasteiger charge is 2.24. The van der Waals surface area contributed by atoms with Crippen LogP contribution in [0.1, 0.15) is 18.1 Å². The standard InChI is InChI=1S/C23H25N3O4S/c1-5-29-19-12-16(10-11-18(19)30-14-21(27)26(3)4)13-20-22(28)25-23(31-20)24-17-9-7-6-8-15(17)2/h6-13H,5,14H2,1-4H3,(H,24,25,28). The monoisotopic (exact) mass is 439 g/mol. The minimum absolute atomic E-state index is 0.0789. The van der Waals surface area contributed by atoms with Gasteiger partial charge in [0.15, 0.2) is 23.3 Å². The van der Waals surface area contributed by atoms with Crippen LogP contribution in [-0.2, 0) is 9.59 Å². The van der Waals surface area contributed by atoms with E-state index in [0.717, 1.165) is 16.8 Å². The number of para-hydroxylation sites is 1. The molecule has 3 rings (SSSR count). The third-order valence-corrected chi connectivity index (χ3v) is 5.31. The van der Waals surface area contributed by atoms with Gasteiger partial charge in [-0.1, -0.05) is 24.3 Å². The van der Waals surface area contributed by atoms with E-state index in [1.807, 2.05) is 44.2 Å². The average molecular weight is 440 g/mol. The molecule has 0 radical (unpaired) electrons. The summed E-state index contributed by atoms with van der Waals surface area (Å²) < 4.78 is 11.3. The summed E-state index contributed by atoms with van der Waals surface area (Å²) in [4.78, 5) is 30.7. The molecule has 1 heterocycles. The Bertz CT molecular complexity index is 1050. The number of benzene rings is 2. The van der Waals surface area contributed by atoms with Gasteiger partial charge in [0.1, 0.15) is 0 Å². The molecule has 31 heavy (non-hydrogen) atoms. The molecule has 8 heteroatoms. The minimum atomic E-state index is -0.202. The van der Waals surface area contributed by atoms with Gasteiger partial charge in [-0.2, -0.15) is 0 Å². The number of carbonyl (C=O) groups excluding carboxylic acids is 2. The zero-order valence-corrected chi connectivity index (χ0v) is 18.8. The zero-order chi connectivity index (χ0) is 22.4. The number of hydrogen-bond acceptors (Lipinski definition) is 6. The second-order valence-electron chi connectivity index (χ2n) is 6.98. The van der Waals surface area contributed by atoms with E-state index in [1.165, 1.54) is 16.7 Å². The average Bonchev–Trinajstić information content (AvgIpc) is 3.07. The molecule has 2 aromatic carbocycles. The van der Waals surface area contributed by atoms with Crippen molar-refractivity contribution < 1.29 is 19.1 Å². The maximum Gasteiger partial charge on any atom is 0.264 e. The Hall–Kier alpha value is -3.26. The number of amidine groups is 1. The molecule has 1 aliphatic rings. The molecule has 0 spiro atoms. The van der Waals surface area contributed by atoms with Gasteiger partial charge in [0.2, 0.25) is 0 Å². The molecule has 1 saturated heterocycles. The number of aryl methyl sites for hydroxylation is 1. The van der Waals surface area contributed by atoms with Gasteiger partial charge >= 0.3 is 0 Å². The van der Waals surface area contributed by atoms with E-state index >= 15 is 0 Å². The molecule has 0 bridgehead atoms. The number of carbonyl (C=O) groups is 2. The first-order chi connectivity index (χ1) is 14.9. The summed E-state index contributed by atoms with van der Waals surface area (Å²) >= 11 is 1.29. The van der Waals surface area contributed by atoms with E-state index < -0.39 is 0 Å². The van der Waals surface area contributed by atoms with Crippen molar-refractivity contribution in [2.45, 2.75) is 13.8 Å². The fraction of sp³-hybridized carbons (Fsp3) is 0.261. The number of nitrogens with one attached hydrogen (secondary N) is 1. The first-order valence-electron chi connectivity index (χ1n) is 9.82. The second kappa shape index (κ2) is 10.2. The van der Waals surface area contributed by atoms with Crippen LogP contribution in [0.25, 0.3) is 6.08 Å². The molecule has 2 aromatic rings. The molecule has 0 aliphatic carbocycles. The van der Waals surface area contributed by atoms with Crippen LogP contribution < -0.4 is 14.8 Å². The smallest absolute Gasteiger partial charge is 0.264 e. The van der Waals surface area contributed by atoms with E-state index in [9.17, 15) is 9.59 Å². The van der Waals surface area contributed by atoms with Gasteiger partial charge in [0.25, 0.3) is 11.8 Å². The van der Waals surface area contributed by atoms with E-state index in [0.29, 0.717) is 28.2 Å². The van der Waals surface area contributed by atoms with E-state index in [4.69, 9.17) is 9.47 Å². The number of rotatable bonds is 7. The quantitative estimate of drug-likeness (QED) is 0.665. The summed E-state index contributed by atoms with van der Waals surface area (Å²) in [5, 5.41) is 3.34. The Morgan fingerprint density at radius 2 is 1.94 bits per heavy atom. The number of nitrogens with zero attached hydrogens (tertiary/aromatic N) is 2. The Kier molecular flexibility index (Phi) is 7.36. The van der Waals surface area contributed by atoms with Gasteiger partial charge in [-0.15, -0.1) is 0 Å². The van der Waals surface area contributed by atoms with Crippen LogP contribution in [0.5, 0.6) is 11.5 Å². The summed E-state index contributed by atoms with van der Waals surface area (Å²) in [5.41, 5.74) is 2.63. The van der Waals surface area contributed by atoms with Gasteiger partial charge in [0.05, 0.1) is 17.2 Å². The van der Waals surface area contributed by atoms with Crippen LogP contribution in [0.15, 0.2) is 52.4 Å². The number of hydrogen-bond donors (Lipinski definition) is 1. The normalized spacial score (nSPS) is 15.8. The van der Waals surface area contributed by atoms with Crippen molar-refractivity contribution >= 4 is 40.5 Å². The van der Waals surface area contributed by atoms with Crippen molar-refractivity contribution in [1.29, 1.82) is 0 Å². The first-order valence-corrected chi connectivity index (χ1v) is 10.6. The molecule has 1 fully saturated rings. The fourth-order valence-electron chi connectivity index (χ4n) is 2.70. The number of aliphatic imine (C=N–C) groups is 1. The molecular formula is C23H25N3O4S. The molecule has 0 saturated carbocycles. The highest BCUT2D eigenvalue weighted by molar-refractivity contribution is 8.18. The maximum atomic E-state index is 12.4. The third-order valence-electron chi connectivity index (χ3n) is 4.40. The molecule has 1 aliphatic heterocycles. The summed E-state index contributed by atoms with van der Waals surface area (Å²) in [7, 11) is 3.34. The highest BCUT2D eigenvalue weighted by atomic mass is 32.2. The molecule has 162 valence electrons. The van der Waals surface area contributed by atoms with Crippen LogP contribution in [0, 0.1) is 6.92 Å². The molecule has 0 atom stereocenters. The number of likely N-dealkylation sites (N-methyl/N-ethyl adjacent to an activating group) is 1. The SMILES string of the molecule is CCOc1cc(C=C2SC(=Nc3ccccc3C)NC2=O)ccc1OCC(=O)N(C)C. The van der Waals surface area contributed by atoms with E-state index in [2.05, 4.69) is 10.3 Å². The predicted molar refractivity (Wildman–Crippen MR) is 124 cm³/mol. The van der Waals surface area contributed by atoms with Gasteiger partial charge in [-0.05, 0) is 61.0 Å². The molecule has 1 N–H and O–H groups in total. The third kappa shape index (κ3) is 5.88. The van der Waals surface area contributed by atoms with Crippen LogP contribution >= 0.6 is 11.8 Å². The molecule has 7 nitrogen and oxygen atoms in total. The van der Waals surface area contributed by atoms with Crippen molar-refractivity contribution in [3.8, 4) is 11.5 Å². The lowest BCUT2D eigenvalue weighted by Crippen LogP contribution is -2.27. The summed E-state index contributed by atoms with van der Waals surface area (Å²) in [6.45, 7) is 4.21. The van der Waals surface area contributed by atoms with Crippen LogP contribution in [-0.4, -0.2) is 49.2 Å². The first kappa shape index (κ1) is 22.4. The lowest BCUT2D eigenvalue weighted by atomic mass is 10.2. The topological polar surface area (TPSA) is 80.2 Å². The molecule has 0 aromatic heterocycles. The van der Waals surface area contributed by atoms with Crippen molar-refractivity contribution in [1.82, 2.24) is 10.2 Å². The Morgan fingerprint density at radius 1 is 1.16 bits per heavy atom. The Balaban J connectivity index is 1.79. The highest BCUT2D eigenvalue weighted by Crippen LogP contribution is 2.32. The minimum Gasteiger partial charge on any atom is -0.490 e. The lowest BCUT2D eigenvalue weighted by molar-refractivity contribution is -0.130. The Labute approximate surface area is 186 Å². The van der Waals surface area contributed by atoms with Crippen molar-refractivity contribution in [3.05, 3.63) is 58.5 Å². The van der Waals surface area contributed by atoms with Gasteiger partial charge in [0, 0.05) is 14.1 Å². The second-order valence-corrected chi connectivity index (χ2v) is 8.01. The lowest BCUT2D eigenvalue weighted by Gasteiger charge is -2.14. The number of amides is 2. The van der Waals surface area contributed by atoms with Gasteiger partial charge in [-0.3, -0.25) is 9.59 Å². The Morgan fingerprint density at radius 3 is 2.65 bits per heavy atom. The van der Waals surface area contributed by atoms with Crippen LogP contribution in [0.2, 0.25) is 0 Å². The zero-order valence-electron chi connectivity index (χ0n) is 18.0. The maximum absolute atomic E-state index is 12.4. The number of ether oxygens (including phenoxy) is 2. The van der Waals surface area contributed by atoms with Crippen molar-refractivity contribution in [3.63, 3.8) is 0 Å². The largest absolute Gasteiger partial charge is 0.490 e. The van der Waals surface area contributed by atoms with Crippen molar-refractivity contribution in [2.75, 3.05) is 27.3 Å². The number of thioether (sulfide) groups is 1. The predicted octanol–water partition coefficient (Wildman–Crippen LogP) is 3.75. The van der Waals surface area contributed by atoms with Crippen LogP contribution in [0.3, 0.4) is 0 Å². The molecule has 0 unspecified atom stereocenters. The van der Waals surface area contributed by atoms with Gasteiger partial charge in [-0.25, -0.2) is 4.99 Å². The molecular weight excluding hydrogens is 414 g/mol. The van der Waals surface area contributed by atoms with Crippen LogP contribution in [0.4, 0.5) is 5.69 Å². The summed E-state index contributed by atoms with van der Waals surface area (Å²) in [6.07, 6.45) is 1.78. The molecule has 2 amide bonds. The summed E-state index contributed by atoms with van der Waals surface area (Å²) in [6, 6.07) is 13.1. The fourth-order valence-corrected chi connectivity index (χ4v) is 3.54. The van der Waals surface area contributed by atoms with E-state index in [-0.39, 0.29) is 18.4 Å². The van der Waals surface area contributed by atoms with E-state index in [1.54, 1.807) is 32.3 Å². The van der Waals surface area contributed by atoms with Crippen molar-refractivity contribution in [2.24, 2.45) is 4.99 Å². The van der Waals surface area contributed by atoms with Gasteiger partial charge < -0.3 is 19.7 Å². The summed E-state index contributed by atoms with van der Waals surface area (Å²) in [5.74, 6) is 0.644.